The van der Waals surface area contributed by atoms with Gasteiger partial charge in [0, 0.05) is 25.7 Å². The average Bonchev–Trinajstić information content (AvgIpc) is 2.76. The molecule has 0 aliphatic carbocycles. The Morgan fingerprint density at radius 2 is 1.78 bits per heavy atom. The van der Waals surface area contributed by atoms with Crippen LogP contribution in [0.4, 0.5) is 11.4 Å². The second kappa shape index (κ2) is 10.7. The van der Waals surface area contributed by atoms with E-state index in [1.807, 2.05) is 6.07 Å². The molecule has 0 aliphatic heterocycles. The first-order valence-corrected chi connectivity index (χ1v) is 11.7. The molecule has 2 aromatic rings. The molecular formula is C21H26N4O6S. The molecular weight excluding hydrogens is 436 g/mol. The Hall–Kier alpha value is -3.47. The molecule has 0 aliphatic rings. The lowest BCUT2D eigenvalue weighted by atomic mass is 10.1. The van der Waals surface area contributed by atoms with Crippen molar-refractivity contribution in [3.8, 4) is 0 Å². The molecule has 2 amide bonds. The number of benzene rings is 2. The molecule has 0 bridgehead atoms. The molecule has 10 nitrogen and oxygen atoms in total. The van der Waals surface area contributed by atoms with E-state index in [9.17, 15) is 28.1 Å². The Morgan fingerprint density at radius 3 is 2.31 bits per heavy atom. The van der Waals surface area contributed by atoms with E-state index in [2.05, 4.69) is 5.32 Å². The third kappa shape index (κ3) is 6.27. The van der Waals surface area contributed by atoms with E-state index in [4.69, 9.17) is 0 Å². The summed E-state index contributed by atoms with van der Waals surface area (Å²) < 4.78 is 25.7. The number of hydrogen-bond donors (Lipinski definition) is 1. The average molecular weight is 463 g/mol. The molecule has 1 atom stereocenters. The third-order valence-corrected chi connectivity index (χ3v) is 5.98. The summed E-state index contributed by atoms with van der Waals surface area (Å²) in [7, 11) is -2.50. The molecule has 0 aromatic heterocycles. The Labute approximate surface area is 187 Å². The van der Waals surface area contributed by atoms with Crippen LogP contribution in [0, 0.1) is 10.1 Å². The van der Waals surface area contributed by atoms with E-state index in [1.54, 1.807) is 31.2 Å². The molecule has 1 N–H and O–H groups in total. The number of non-ortho nitro benzene ring substituents is 1. The molecule has 0 unspecified atom stereocenters. The fourth-order valence-electron chi connectivity index (χ4n) is 3.24. The topological polar surface area (TPSA) is 130 Å². The van der Waals surface area contributed by atoms with E-state index in [0.29, 0.717) is 6.42 Å². The van der Waals surface area contributed by atoms with Crippen molar-refractivity contribution in [3.63, 3.8) is 0 Å². The maximum Gasteiger partial charge on any atom is 0.271 e. The lowest BCUT2D eigenvalue weighted by Crippen LogP contribution is -2.51. The van der Waals surface area contributed by atoms with Gasteiger partial charge in [-0.05, 0) is 18.1 Å². The lowest BCUT2D eigenvalue weighted by molar-refractivity contribution is -0.384. The van der Waals surface area contributed by atoms with Crippen LogP contribution < -0.4 is 9.62 Å². The third-order valence-electron chi connectivity index (χ3n) is 4.84. The summed E-state index contributed by atoms with van der Waals surface area (Å²) in [5.41, 5.74) is 0.452. The van der Waals surface area contributed by atoms with Gasteiger partial charge in [-0.3, -0.25) is 24.0 Å². The van der Waals surface area contributed by atoms with Crippen LogP contribution in [0.5, 0.6) is 0 Å². The number of nitrogens with zero attached hydrogens (tertiary/aromatic N) is 3. The summed E-state index contributed by atoms with van der Waals surface area (Å²) >= 11 is 0. The SMILES string of the molecule is CC[C@@H](C(=O)NC)N(Cc1ccccc1)C(=O)CN(c1cccc([N+](=O)[O-])c1)S(C)(=O)=O. The molecule has 0 fully saturated rings. The zero-order chi connectivity index (χ0) is 23.9. The highest BCUT2D eigenvalue weighted by Gasteiger charge is 2.31. The molecule has 0 saturated carbocycles. The van der Waals surface area contributed by atoms with Crippen molar-refractivity contribution < 1.29 is 22.9 Å². The normalized spacial score (nSPS) is 12.0. The number of likely N-dealkylation sites (N-methyl/N-ethyl adjacent to an activating group) is 1. The van der Waals surface area contributed by atoms with Gasteiger partial charge in [0.25, 0.3) is 5.69 Å². The molecule has 2 rings (SSSR count). The summed E-state index contributed by atoms with van der Waals surface area (Å²) in [4.78, 5) is 37.6. The molecule has 172 valence electrons. The maximum atomic E-state index is 13.3. The molecule has 0 radical (unpaired) electrons. The van der Waals surface area contributed by atoms with Crippen LogP contribution in [-0.4, -0.2) is 55.9 Å². The highest BCUT2D eigenvalue weighted by atomic mass is 32.2. The summed E-state index contributed by atoms with van der Waals surface area (Å²) in [6.07, 6.45) is 1.23. The number of sulfonamides is 1. The van der Waals surface area contributed by atoms with Gasteiger partial charge in [-0.25, -0.2) is 8.42 Å². The minimum absolute atomic E-state index is 0.0114. The smallest absolute Gasteiger partial charge is 0.271 e. The number of carbonyl (C=O) groups excluding carboxylic acids is 2. The van der Waals surface area contributed by atoms with E-state index < -0.39 is 33.4 Å². The number of rotatable bonds is 10. The van der Waals surface area contributed by atoms with Crippen LogP contribution in [-0.2, 0) is 26.2 Å². The molecule has 0 saturated heterocycles. The van der Waals surface area contributed by atoms with Crippen molar-refractivity contribution >= 4 is 33.2 Å². The monoisotopic (exact) mass is 462 g/mol. The van der Waals surface area contributed by atoms with Gasteiger partial charge in [0.05, 0.1) is 16.9 Å². The predicted octanol–water partition coefficient (Wildman–Crippen LogP) is 1.91. The summed E-state index contributed by atoms with van der Waals surface area (Å²) in [5, 5.41) is 13.6. The van der Waals surface area contributed by atoms with Crippen molar-refractivity contribution in [1.29, 1.82) is 0 Å². The zero-order valence-corrected chi connectivity index (χ0v) is 18.9. The summed E-state index contributed by atoms with van der Waals surface area (Å²) in [6.45, 7) is 1.23. The van der Waals surface area contributed by atoms with Crippen LogP contribution in [0.2, 0.25) is 0 Å². The van der Waals surface area contributed by atoms with E-state index in [0.717, 1.165) is 22.2 Å². The van der Waals surface area contributed by atoms with Crippen LogP contribution >= 0.6 is 0 Å². The van der Waals surface area contributed by atoms with Gasteiger partial charge >= 0.3 is 0 Å². The first-order valence-electron chi connectivity index (χ1n) is 9.85. The lowest BCUT2D eigenvalue weighted by Gasteiger charge is -2.32. The Morgan fingerprint density at radius 1 is 1.12 bits per heavy atom. The van der Waals surface area contributed by atoms with Gasteiger partial charge in [-0.15, -0.1) is 0 Å². The zero-order valence-electron chi connectivity index (χ0n) is 18.1. The molecule has 2 aromatic carbocycles. The number of hydrogen-bond acceptors (Lipinski definition) is 6. The minimum atomic E-state index is -3.96. The fourth-order valence-corrected chi connectivity index (χ4v) is 4.08. The largest absolute Gasteiger partial charge is 0.357 e. The Balaban J connectivity index is 2.44. The summed E-state index contributed by atoms with van der Waals surface area (Å²) in [5.74, 6) is -0.987. The minimum Gasteiger partial charge on any atom is -0.357 e. The standard InChI is InChI=1S/C21H26N4O6S/c1-4-19(21(27)22-2)23(14-16-9-6-5-7-10-16)20(26)15-24(32(3,30)31)17-11-8-12-18(13-17)25(28)29/h5-13,19H,4,14-15H2,1-3H3,(H,22,27)/t19-/m0/s1. The maximum absolute atomic E-state index is 13.3. The molecule has 11 heteroatoms. The van der Waals surface area contributed by atoms with Gasteiger partial charge in [-0.1, -0.05) is 43.3 Å². The molecule has 32 heavy (non-hydrogen) atoms. The van der Waals surface area contributed by atoms with E-state index in [1.165, 1.54) is 30.1 Å². The predicted molar refractivity (Wildman–Crippen MR) is 120 cm³/mol. The van der Waals surface area contributed by atoms with E-state index in [-0.39, 0.29) is 23.8 Å². The highest BCUT2D eigenvalue weighted by Crippen LogP contribution is 2.24. The van der Waals surface area contributed by atoms with Crippen molar-refractivity contribution in [1.82, 2.24) is 10.2 Å². The van der Waals surface area contributed by atoms with Crippen molar-refractivity contribution in [3.05, 3.63) is 70.3 Å². The number of anilines is 1. The first-order chi connectivity index (χ1) is 15.1. The van der Waals surface area contributed by atoms with Crippen LogP contribution in [0.25, 0.3) is 0 Å². The van der Waals surface area contributed by atoms with Gasteiger partial charge in [0.15, 0.2) is 0 Å². The number of nitrogens with one attached hydrogen (secondary N) is 1. The van der Waals surface area contributed by atoms with Crippen LogP contribution in [0.15, 0.2) is 54.6 Å². The second-order valence-corrected chi connectivity index (χ2v) is 9.00. The Kier molecular flexibility index (Phi) is 8.30. The van der Waals surface area contributed by atoms with Gasteiger partial charge in [0.1, 0.15) is 12.6 Å². The summed E-state index contributed by atoms with van der Waals surface area (Å²) in [6, 6.07) is 13.2. The molecule has 0 heterocycles. The van der Waals surface area contributed by atoms with E-state index >= 15 is 0 Å². The van der Waals surface area contributed by atoms with Crippen LogP contribution in [0.1, 0.15) is 18.9 Å². The number of nitro groups is 1. The number of amides is 2. The van der Waals surface area contributed by atoms with Crippen molar-refractivity contribution in [2.24, 2.45) is 0 Å². The quantitative estimate of drug-likeness (QED) is 0.424. The van der Waals surface area contributed by atoms with Crippen LogP contribution in [0.3, 0.4) is 0 Å². The van der Waals surface area contributed by atoms with Gasteiger partial charge in [-0.2, -0.15) is 0 Å². The second-order valence-electron chi connectivity index (χ2n) is 7.09. The molecule has 0 spiro atoms. The number of nitro benzene ring substituents is 1. The van der Waals surface area contributed by atoms with Crippen molar-refractivity contribution in [2.45, 2.75) is 25.9 Å². The first kappa shape index (κ1) is 24.8. The van der Waals surface area contributed by atoms with Crippen molar-refractivity contribution in [2.75, 3.05) is 24.2 Å². The highest BCUT2D eigenvalue weighted by molar-refractivity contribution is 7.92. The van der Waals surface area contributed by atoms with Gasteiger partial charge in [0.2, 0.25) is 21.8 Å². The number of carbonyl (C=O) groups is 2. The fraction of sp³-hybridized carbons (Fsp3) is 0.333. The Bertz CT molecular complexity index is 1070. The van der Waals surface area contributed by atoms with Gasteiger partial charge < -0.3 is 10.2 Å².